The van der Waals surface area contributed by atoms with Gasteiger partial charge in [-0.3, -0.25) is 24.1 Å². The predicted octanol–water partition coefficient (Wildman–Crippen LogP) is 4.97. The van der Waals surface area contributed by atoms with Crippen molar-refractivity contribution in [1.29, 1.82) is 0 Å². The zero-order valence-electron chi connectivity index (χ0n) is 25.3. The molecule has 2 saturated carbocycles. The van der Waals surface area contributed by atoms with Gasteiger partial charge in [-0.2, -0.15) is 0 Å². The molecule has 7 rings (SSSR count). The number of phenolic OH excluding ortho intramolecular Hbond substituents is 1. The molecule has 9 nitrogen and oxygen atoms in total. The summed E-state index contributed by atoms with van der Waals surface area (Å²) in [6.45, 7) is 1.84. The van der Waals surface area contributed by atoms with Crippen molar-refractivity contribution in [3.8, 4) is 17.2 Å². The van der Waals surface area contributed by atoms with Crippen LogP contribution in [0.3, 0.4) is 0 Å². The molecule has 2 saturated heterocycles. The Kier molecular flexibility index (Phi) is 6.83. The van der Waals surface area contributed by atoms with Crippen LogP contribution in [-0.2, 0) is 19.2 Å². The lowest BCUT2D eigenvalue weighted by Gasteiger charge is -2.49. The summed E-state index contributed by atoms with van der Waals surface area (Å²) in [5.74, 6) is -3.41. The summed E-state index contributed by atoms with van der Waals surface area (Å²) < 4.78 is 11.0. The van der Waals surface area contributed by atoms with E-state index in [9.17, 15) is 24.3 Å². The molecule has 230 valence electrons. The van der Waals surface area contributed by atoms with Gasteiger partial charge in [-0.15, -0.1) is 0 Å². The topological polar surface area (TPSA) is 113 Å². The minimum atomic E-state index is -1.19. The number of anilines is 1. The molecule has 2 aromatic carbocycles. The Hall–Kier alpha value is -4.14. The van der Waals surface area contributed by atoms with E-state index in [-0.39, 0.29) is 52.8 Å². The van der Waals surface area contributed by atoms with Crippen LogP contribution in [0.5, 0.6) is 17.2 Å². The fourth-order valence-electron chi connectivity index (χ4n) is 9.02. The van der Waals surface area contributed by atoms with Gasteiger partial charge >= 0.3 is 0 Å². The molecular formula is C35H38N2O7. The number of carbonyl (C=O) groups is 4. The van der Waals surface area contributed by atoms with E-state index in [4.69, 9.17) is 9.47 Å². The van der Waals surface area contributed by atoms with Crippen molar-refractivity contribution >= 4 is 29.3 Å². The number of benzene rings is 2. The first-order chi connectivity index (χ1) is 21.2. The number of phenols is 1. The van der Waals surface area contributed by atoms with Crippen molar-refractivity contribution in [1.82, 2.24) is 4.90 Å². The summed E-state index contributed by atoms with van der Waals surface area (Å²) in [5, 5.41) is 10.7. The number of hydrogen-bond acceptors (Lipinski definition) is 7. The number of methoxy groups -OCH3 is 2. The summed E-state index contributed by atoms with van der Waals surface area (Å²) in [4.78, 5) is 59.7. The van der Waals surface area contributed by atoms with Crippen LogP contribution in [0.2, 0.25) is 0 Å². The van der Waals surface area contributed by atoms with Gasteiger partial charge in [0.1, 0.15) is 0 Å². The molecular weight excluding hydrogens is 560 g/mol. The summed E-state index contributed by atoms with van der Waals surface area (Å²) in [7, 11) is 2.89. The molecule has 0 radical (unpaired) electrons. The van der Waals surface area contributed by atoms with Gasteiger partial charge in [-0.25, -0.2) is 4.90 Å². The molecule has 1 N–H and O–H groups in total. The summed E-state index contributed by atoms with van der Waals surface area (Å²) in [5.41, 5.74) is 0.852. The minimum Gasteiger partial charge on any atom is -0.502 e. The number of ether oxygens (including phenoxy) is 2. The number of allylic oxidation sites excluding steroid dienone is 2. The number of hydrogen-bond donors (Lipinski definition) is 1. The molecule has 6 unspecified atom stereocenters. The fourth-order valence-corrected chi connectivity index (χ4v) is 9.02. The second kappa shape index (κ2) is 10.5. The Labute approximate surface area is 256 Å². The van der Waals surface area contributed by atoms with Crippen molar-refractivity contribution in [2.45, 2.75) is 63.8 Å². The first-order valence-electron chi connectivity index (χ1n) is 15.7. The molecule has 4 fully saturated rings. The van der Waals surface area contributed by atoms with Crippen molar-refractivity contribution < 1.29 is 33.8 Å². The number of fused-ring (bicyclic) bond motifs is 4. The SMILES string of the molecule is COc1cc(C2C3=CCC4C(=O)N(C5CCCCC5)C(=O)C4C3CC3C(=O)N(c4ccccc4)C(=O)C32C)cc(OC)c1O. The molecule has 3 aliphatic carbocycles. The molecule has 2 heterocycles. The van der Waals surface area contributed by atoms with Crippen LogP contribution in [0.1, 0.15) is 63.4 Å². The van der Waals surface area contributed by atoms with Crippen molar-refractivity contribution in [3.63, 3.8) is 0 Å². The second-order valence-electron chi connectivity index (χ2n) is 13.1. The zero-order chi connectivity index (χ0) is 30.9. The van der Waals surface area contributed by atoms with Crippen LogP contribution in [-0.4, -0.2) is 53.9 Å². The second-order valence-corrected chi connectivity index (χ2v) is 13.1. The van der Waals surface area contributed by atoms with Crippen LogP contribution < -0.4 is 14.4 Å². The van der Waals surface area contributed by atoms with Gasteiger partial charge in [0.05, 0.1) is 43.1 Å². The third kappa shape index (κ3) is 3.90. The lowest BCUT2D eigenvalue weighted by molar-refractivity contribution is -0.144. The number of likely N-dealkylation sites (tertiary alicyclic amines) is 1. The average molecular weight is 599 g/mol. The standard InChI is InChI=1S/C35H38N2O7/c1-35-25(32(40)37(34(35)42)21-12-8-5-9-13-21)18-24-22(29(35)19-16-26(43-2)30(38)27(17-19)44-3)14-15-23-28(24)33(41)36(31(23)39)20-10-6-4-7-11-20/h5,8-9,12-14,16-17,20,23-25,28-29,38H,4,6-7,10-11,15,18H2,1-3H3. The number of nitrogens with zero attached hydrogens (tertiary/aromatic N) is 2. The minimum absolute atomic E-state index is 0.0728. The largest absolute Gasteiger partial charge is 0.502 e. The molecule has 0 spiro atoms. The average Bonchev–Trinajstić information content (AvgIpc) is 3.41. The summed E-state index contributed by atoms with van der Waals surface area (Å²) in [6.07, 6.45) is 7.53. The van der Waals surface area contributed by atoms with E-state index in [0.717, 1.165) is 37.7 Å². The Balaban J connectivity index is 1.38. The molecule has 5 aliphatic rings. The highest BCUT2D eigenvalue weighted by Gasteiger charge is 2.68. The van der Waals surface area contributed by atoms with Crippen LogP contribution in [0, 0.1) is 29.1 Å². The van der Waals surface area contributed by atoms with Crippen LogP contribution in [0.4, 0.5) is 5.69 Å². The lowest BCUT2D eigenvalue weighted by Crippen LogP contribution is -2.49. The smallest absolute Gasteiger partial charge is 0.241 e. The normalized spacial score (nSPS) is 31.9. The van der Waals surface area contributed by atoms with E-state index in [1.807, 2.05) is 19.1 Å². The van der Waals surface area contributed by atoms with E-state index >= 15 is 0 Å². The molecule has 6 atom stereocenters. The van der Waals surface area contributed by atoms with Crippen molar-refractivity contribution in [2.24, 2.45) is 29.1 Å². The summed E-state index contributed by atoms with van der Waals surface area (Å²) in [6, 6.07) is 12.2. The quantitative estimate of drug-likeness (QED) is 0.382. The van der Waals surface area contributed by atoms with E-state index in [1.165, 1.54) is 19.1 Å². The molecule has 9 heteroatoms. The number of imide groups is 2. The Morgan fingerprint density at radius 1 is 0.864 bits per heavy atom. The highest BCUT2D eigenvalue weighted by molar-refractivity contribution is 6.24. The van der Waals surface area contributed by atoms with Crippen LogP contribution >= 0.6 is 0 Å². The first kappa shape index (κ1) is 28.6. The molecule has 0 aromatic heterocycles. The number of amides is 4. The van der Waals surface area contributed by atoms with Gasteiger partial charge in [0.25, 0.3) is 0 Å². The first-order valence-corrected chi connectivity index (χ1v) is 15.7. The van der Waals surface area contributed by atoms with E-state index in [1.54, 1.807) is 41.3 Å². The number of carbonyl (C=O) groups excluding carboxylic acids is 4. The van der Waals surface area contributed by atoms with Gasteiger partial charge in [0, 0.05) is 12.0 Å². The maximum Gasteiger partial charge on any atom is 0.241 e. The van der Waals surface area contributed by atoms with Gasteiger partial charge in [0.15, 0.2) is 11.5 Å². The molecule has 2 aromatic rings. The highest BCUT2D eigenvalue weighted by atomic mass is 16.5. The van der Waals surface area contributed by atoms with Gasteiger partial charge < -0.3 is 14.6 Å². The molecule has 0 bridgehead atoms. The fraction of sp³-hybridized carbons (Fsp3) is 0.486. The monoisotopic (exact) mass is 598 g/mol. The highest BCUT2D eigenvalue weighted by Crippen LogP contribution is 2.64. The van der Waals surface area contributed by atoms with Gasteiger partial charge in [-0.1, -0.05) is 49.1 Å². The number of para-hydroxylation sites is 1. The number of rotatable bonds is 5. The van der Waals surface area contributed by atoms with E-state index in [2.05, 4.69) is 0 Å². The third-order valence-corrected chi connectivity index (χ3v) is 11.1. The van der Waals surface area contributed by atoms with Gasteiger partial charge in [-0.05, 0) is 68.4 Å². The predicted molar refractivity (Wildman–Crippen MR) is 161 cm³/mol. The Bertz CT molecular complexity index is 1550. The Morgan fingerprint density at radius 2 is 1.52 bits per heavy atom. The van der Waals surface area contributed by atoms with Gasteiger partial charge in [0.2, 0.25) is 29.4 Å². The Morgan fingerprint density at radius 3 is 2.16 bits per heavy atom. The summed E-state index contributed by atoms with van der Waals surface area (Å²) >= 11 is 0. The zero-order valence-corrected chi connectivity index (χ0v) is 25.3. The maximum absolute atomic E-state index is 14.5. The molecule has 2 aliphatic heterocycles. The lowest BCUT2D eigenvalue weighted by atomic mass is 9.51. The molecule has 4 amide bonds. The van der Waals surface area contributed by atoms with Crippen molar-refractivity contribution in [3.05, 3.63) is 59.7 Å². The van der Waals surface area contributed by atoms with E-state index in [0.29, 0.717) is 24.1 Å². The van der Waals surface area contributed by atoms with Crippen molar-refractivity contribution in [2.75, 3.05) is 19.1 Å². The number of aromatic hydroxyl groups is 1. The van der Waals surface area contributed by atoms with Crippen LogP contribution in [0.25, 0.3) is 0 Å². The van der Waals surface area contributed by atoms with Crippen LogP contribution in [0.15, 0.2) is 54.1 Å². The molecule has 44 heavy (non-hydrogen) atoms. The maximum atomic E-state index is 14.5. The third-order valence-electron chi connectivity index (χ3n) is 11.1. The van der Waals surface area contributed by atoms with E-state index < -0.39 is 29.1 Å².